The van der Waals surface area contributed by atoms with Crippen molar-refractivity contribution in [2.75, 3.05) is 5.73 Å². The number of hydrogen-bond donors (Lipinski definition) is 3. The minimum Gasteiger partial charge on any atom is -0.480 e. The third-order valence-corrected chi connectivity index (χ3v) is 3.00. The number of nitrogens with two attached hydrogens (primary N) is 1. The molecule has 2 rings (SSSR count). The Labute approximate surface area is 114 Å². The van der Waals surface area contributed by atoms with Crippen LogP contribution in [0.25, 0.3) is 11.4 Å². The number of carboxylic acid groups (broad SMARTS) is 1. The first kappa shape index (κ1) is 13.9. The lowest BCUT2D eigenvalue weighted by atomic mass is 10.1. The van der Waals surface area contributed by atoms with Crippen LogP contribution in [-0.4, -0.2) is 42.5 Å². The molecule has 0 aliphatic carbocycles. The van der Waals surface area contributed by atoms with Gasteiger partial charge in [0.25, 0.3) is 0 Å². The monoisotopic (exact) mass is 277 g/mol. The zero-order valence-electron chi connectivity index (χ0n) is 11.1. The fourth-order valence-corrected chi connectivity index (χ4v) is 1.87. The lowest BCUT2D eigenvalue weighted by Gasteiger charge is -2.16. The minimum absolute atomic E-state index is 0.241. The summed E-state index contributed by atoms with van der Waals surface area (Å²) in [6.07, 6.45) is -1.14. The number of nitrogen functional groups attached to an aromatic ring is 1. The van der Waals surface area contributed by atoms with E-state index in [1.165, 1.54) is 6.92 Å². The van der Waals surface area contributed by atoms with Crippen LogP contribution in [0.15, 0.2) is 18.2 Å². The summed E-state index contributed by atoms with van der Waals surface area (Å²) in [4.78, 5) is 11.2. The number of rotatable bonds is 4. The molecule has 2 aromatic rings. The van der Waals surface area contributed by atoms with Gasteiger partial charge < -0.3 is 15.9 Å². The average molecular weight is 277 g/mol. The second-order valence-corrected chi connectivity index (χ2v) is 4.54. The Bertz CT molecular complexity index is 638. The van der Waals surface area contributed by atoms with Crippen LogP contribution in [0.3, 0.4) is 0 Å². The summed E-state index contributed by atoms with van der Waals surface area (Å²) in [5, 5.41) is 29.7. The molecule has 1 heterocycles. The molecular weight excluding hydrogens is 262 g/mol. The predicted molar refractivity (Wildman–Crippen MR) is 70.8 cm³/mol. The molecule has 4 N–H and O–H groups in total. The van der Waals surface area contributed by atoms with Gasteiger partial charge in [-0.15, -0.1) is 5.10 Å². The van der Waals surface area contributed by atoms with E-state index in [9.17, 15) is 15.0 Å². The van der Waals surface area contributed by atoms with Gasteiger partial charge in [-0.05, 0) is 35.9 Å². The van der Waals surface area contributed by atoms with E-state index in [0.717, 1.165) is 10.2 Å². The van der Waals surface area contributed by atoms with Crippen LogP contribution < -0.4 is 5.73 Å². The van der Waals surface area contributed by atoms with E-state index >= 15 is 0 Å². The van der Waals surface area contributed by atoms with Gasteiger partial charge in [0.15, 0.2) is 11.9 Å². The number of benzene rings is 1. The highest BCUT2D eigenvalue weighted by Gasteiger charge is 2.29. The van der Waals surface area contributed by atoms with Gasteiger partial charge in [0.05, 0.1) is 6.10 Å². The van der Waals surface area contributed by atoms with Crippen molar-refractivity contribution in [1.82, 2.24) is 20.2 Å². The largest absolute Gasteiger partial charge is 0.480 e. The molecule has 0 saturated heterocycles. The Hall–Kier alpha value is -2.48. The van der Waals surface area contributed by atoms with E-state index in [0.29, 0.717) is 11.3 Å². The molecule has 0 spiro atoms. The number of aliphatic hydroxyl groups excluding tert-OH is 1. The molecule has 2 atom stereocenters. The number of carboxylic acids is 1. The zero-order valence-corrected chi connectivity index (χ0v) is 11.1. The Morgan fingerprint density at radius 2 is 2.15 bits per heavy atom. The Balaban J connectivity index is 2.51. The van der Waals surface area contributed by atoms with Crippen LogP contribution in [0.1, 0.15) is 18.5 Å². The molecule has 0 saturated carbocycles. The predicted octanol–water partition coefficient (Wildman–Crippen LogP) is 0.237. The molecule has 0 amide bonds. The SMILES string of the molecule is Cc1ccc(-c2nnnn2C(C(=O)O)C(C)O)cc1N. The van der Waals surface area contributed by atoms with Gasteiger partial charge in [-0.2, -0.15) is 0 Å². The van der Waals surface area contributed by atoms with Gasteiger partial charge >= 0.3 is 5.97 Å². The van der Waals surface area contributed by atoms with Crippen LogP contribution in [0.2, 0.25) is 0 Å². The van der Waals surface area contributed by atoms with Gasteiger partial charge in [-0.1, -0.05) is 12.1 Å². The fourth-order valence-electron chi connectivity index (χ4n) is 1.87. The van der Waals surface area contributed by atoms with Crippen molar-refractivity contribution in [3.63, 3.8) is 0 Å². The highest BCUT2D eigenvalue weighted by Crippen LogP contribution is 2.24. The normalized spacial score (nSPS) is 13.9. The maximum absolute atomic E-state index is 11.2. The van der Waals surface area contributed by atoms with E-state index in [1.807, 2.05) is 6.92 Å². The summed E-state index contributed by atoms with van der Waals surface area (Å²) in [5.41, 5.74) is 7.87. The number of anilines is 1. The van der Waals surface area contributed by atoms with Crippen LogP contribution >= 0.6 is 0 Å². The number of carbonyl (C=O) groups is 1. The van der Waals surface area contributed by atoms with E-state index in [-0.39, 0.29) is 5.82 Å². The maximum Gasteiger partial charge on any atom is 0.331 e. The van der Waals surface area contributed by atoms with Gasteiger partial charge in [-0.25, -0.2) is 9.48 Å². The minimum atomic E-state index is -1.26. The van der Waals surface area contributed by atoms with Crippen molar-refractivity contribution in [3.8, 4) is 11.4 Å². The topological polar surface area (TPSA) is 127 Å². The average Bonchev–Trinajstić information content (AvgIpc) is 2.80. The Morgan fingerprint density at radius 1 is 1.45 bits per heavy atom. The molecule has 0 aliphatic rings. The van der Waals surface area contributed by atoms with Gasteiger partial charge in [0.2, 0.25) is 0 Å². The van der Waals surface area contributed by atoms with Gasteiger partial charge in [0.1, 0.15) is 0 Å². The van der Waals surface area contributed by atoms with Crippen LogP contribution in [0.4, 0.5) is 5.69 Å². The summed E-state index contributed by atoms with van der Waals surface area (Å²) >= 11 is 0. The number of nitrogens with zero attached hydrogens (tertiary/aromatic N) is 4. The van der Waals surface area contributed by atoms with Crippen LogP contribution in [0.5, 0.6) is 0 Å². The Kier molecular flexibility index (Phi) is 3.66. The van der Waals surface area contributed by atoms with Crippen molar-refractivity contribution in [1.29, 1.82) is 0 Å². The standard InChI is InChI=1S/C12H15N5O3/c1-6-3-4-8(5-9(6)13)11-14-15-16-17(11)10(7(2)18)12(19)20/h3-5,7,10,18H,13H2,1-2H3,(H,19,20). The quantitative estimate of drug-likeness (QED) is 0.683. The first-order chi connectivity index (χ1) is 9.41. The molecule has 8 heteroatoms. The fraction of sp³-hybridized carbons (Fsp3) is 0.333. The lowest BCUT2D eigenvalue weighted by Crippen LogP contribution is -2.30. The van der Waals surface area contributed by atoms with Crippen molar-refractivity contribution in [2.45, 2.75) is 26.0 Å². The number of aliphatic hydroxyl groups is 1. The number of aliphatic carboxylic acids is 1. The summed E-state index contributed by atoms with van der Waals surface area (Å²) in [7, 11) is 0. The smallest absolute Gasteiger partial charge is 0.331 e. The molecule has 1 aromatic carbocycles. The van der Waals surface area contributed by atoms with Crippen molar-refractivity contribution < 1.29 is 15.0 Å². The Morgan fingerprint density at radius 3 is 2.70 bits per heavy atom. The molecule has 0 radical (unpaired) electrons. The summed E-state index contributed by atoms with van der Waals surface area (Å²) < 4.78 is 1.08. The van der Waals surface area contributed by atoms with E-state index in [1.54, 1.807) is 18.2 Å². The maximum atomic E-state index is 11.2. The molecule has 2 unspecified atom stereocenters. The first-order valence-corrected chi connectivity index (χ1v) is 5.97. The van der Waals surface area contributed by atoms with E-state index in [4.69, 9.17) is 5.73 Å². The summed E-state index contributed by atoms with van der Waals surface area (Å²) in [5.74, 6) is -0.973. The third kappa shape index (κ3) is 2.45. The van der Waals surface area contributed by atoms with E-state index in [2.05, 4.69) is 15.5 Å². The van der Waals surface area contributed by atoms with Crippen LogP contribution in [0, 0.1) is 6.92 Å². The highest BCUT2D eigenvalue weighted by molar-refractivity contribution is 5.74. The second-order valence-electron chi connectivity index (χ2n) is 4.54. The third-order valence-electron chi connectivity index (χ3n) is 3.00. The number of aryl methyl sites for hydroxylation is 1. The number of aromatic nitrogens is 4. The molecule has 20 heavy (non-hydrogen) atoms. The van der Waals surface area contributed by atoms with Gasteiger partial charge in [0, 0.05) is 11.3 Å². The molecule has 0 bridgehead atoms. The molecular formula is C12H15N5O3. The molecule has 106 valence electrons. The summed E-state index contributed by atoms with van der Waals surface area (Å²) in [6.45, 7) is 3.23. The van der Waals surface area contributed by atoms with E-state index < -0.39 is 18.1 Å². The zero-order chi connectivity index (χ0) is 14.9. The molecule has 0 aliphatic heterocycles. The summed E-state index contributed by atoms with van der Waals surface area (Å²) in [6, 6.07) is 3.94. The molecule has 0 fully saturated rings. The second kappa shape index (κ2) is 5.25. The lowest BCUT2D eigenvalue weighted by molar-refractivity contribution is -0.144. The molecule has 1 aromatic heterocycles. The highest BCUT2D eigenvalue weighted by atomic mass is 16.4. The molecule has 8 nitrogen and oxygen atoms in total. The number of hydrogen-bond acceptors (Lipinski definition) is 6. The van der Waals surface area contributed by atoms with Crippen molar-refractivity contribution >= 4 is 11.7 Å². The number of tetrazole rings is 1. The first-order valence-electron chi connectivity index (χ1n) is 5.97. The van der Waals surface area contributed by atoms with Crippen LogP contribution in [-0.2, 0) is 4.79 Å². The van der Waals surface area contributed by atoms with Gasteiger partial charge in [-0.3, -0.25) is 0 Å². The van der Waals surface area contributed by atoms with Crippen molar-refractivity contribution in [2.24, 2.45) is 0 Å². The van der Waals surface area contributed by atoms with Crippen molar-refractivity contribution in [3.05, 3.63) is 23.8 Å².